The molecule has 3 aliphatic heterocycles. The zero-order valence-electron chi connectivity index (χ0n) is 25.3. The van der Waals surface area contributed by atoms with Gasteiger partial charge in [0.05, 0.1) is 28.3 Å². The van der Waals surface area contributed by atoms with Gasteiger partial charge in [0, 0.05) is 42.9 Å². The fourth-order valence-corrected chi connectivity index (χ4v) is 7.83. The third-order valence-corrected chi connectivity index (χ3v) is 10.1. The number of nitrogens with zero attached hydrogens (tertiary/aromatic N) is 5. The molecule has 1 aliphatic carbocycles. The maximum atomic E-state index is 17.1. The van der Waals surface area contributed by atoms with E-state index in [0.29, 0.717) is 54.8 Å². The number of aromatic nitrogens is 3. The molecule has 46 heavy (non-hydrogen) atoms. The molecule has 1 saturated carbocycles. The maximum Gasteiger partial charge on any atom is 0.319 e. The first-order chi connectivity index (χ1) is 22.2. The molecular weight excluding hydrogens is 595 g/mol. The van der Waals surface area contributed by atoms with E-state index in [4.69, 9.17) is 21.1 Å². The van der Waals surface area contributed by atoms with Crippen molar-refractivity contribution < 1.29 is 28.1 Å². The van der Waals surface area contributed by atoms with Crippen molar-refractivity contribution >= 4 is 27.5 Å². The third-order valence-electron chi connectivity index (χ3n) is 10.1. The lowest BCUT2D eigenvalue weighted by molar-refractivity contribution is 0.107. The Balaban J connectivity index is 1.34. The number of hydrogen-bond donors (Lipinski definition) is 2. The minimum absolute atomic E-state index is 0.0160. The van der Waals surface area contributed by atoms with Gasteiger partial charge in [0.2, 0.25) is 0 Å². The molecule has 0 unspecified atom stereocenters. The number of benzene rings is 2. The van der Waals surface area contributed by atoms with Gasteiger partial charge in [0.1, 0.15) is 41.4 Å². The minimum Gasteiger partial charge on any atom is -0.508 e. The molecule has 238 valence electrons. The number of anilines is 1. The number of halogens is 3. The topological polar surface area (TPSA) is 94.8 Å². The molecular formula is C35H34F3N5O3. The molecule has 3 atom stereocenters. The number of pyridine rings is 1. The Kier molecular flexibility index (Phi) is 6.99. The molecule has 11 heteroatoms. The Morgan fingerprint density at radius 2 is 1.89 bits per heavy atom. The first-order valence-electron chi connectivity index (χ1n) is 16.0. The van der Waals surface area contributed by atoms with Gasteiger partial charge >= 0.3 is 6.01 Å². The van der Waals surface area contributed by atoms with E-state index >= 15 is 4.39 Å². The number of ether oxygens (including phenoxy) is 1. The molecule has 8 nitrogen and oxygen atoms in total. The lowest BCUT2D eigenvalue weighted by Gasteiger charge is -2.33. The Labute approximate surface area is 264 Å². The largest absolute Gasteiger partial charge is 0.508 e. The minimum atomic E-state index is -0.936. The van der Waals surface area contributed by atoms with Crippen LogP contribution in [0, 0.1) is 24.0 Å². The zero-order valence-corrected chi connectivity index (χ0v) is 25.3. The second-order valence-electron chi connectivity index (χ2n) is 13.3. The van der Waals surface area contributed by atoms with Crippen LogP contribution in [0.3, 0.4) is 0 Å². The highest BCUT2D eigenvalue weighted by molar-refractivity contribution is 6.03. The van der Waals surface area contributed by atoms with Crippen molar-refractivity contribution in [3.63, 3.8) is 0 Å². The number of terminal acetylenes is 1. The van der Waals surface area contributed by atoms with Crippen molar-refractivity contribution in [1.29, 1.82) is 0 Å². The van der Waals surface area contributed by atoms with Crippen LogP contribution in [0.25, 0.3) is 32.9 Å². The summed E-state index contributed by atoms with van der Waals surface area (Å²) < 4.78 is 52.8. The molecule has 4 aliphatic rings. The van der Waals surface area contributed by atoms with Gasteiger partial charge in [-0.15, -0.1) is 6.42 Å². The number of phenols is 1. The number of aliphatic hydroxyl groups excluding tert-OH is 1. The average Bonchev–Trinajstić information content (AvgIpc) is 3.74. The molecule has 0 amide bonds. The Morgan fingerprint density at radius 3 is 2.67 bits per heavy atom. The van der Waals surface area contributed by atoms with E-state index in [2.05, 4.69) is 15.8 Å². The SMILES string of the molecule is C#Cc1c(F)ccc2cc(O)cc(-c3nc(C4CC4)c4c(N5CCC[C@@H](O)C5)nc(OC[C@@]56CCCN5C[C@H](F)C6)nc4c3F)c12. The number of phenolic OH excluding ortho intramolecular Hbond substituents is 1. The van der Waals surface area contributed by atoms with Gasteiger partial charge in [0.15, 0.2) is 5.82 Å². The Hall–Kier alpha value is -4.14. The van der Waals surface area contributed by atoms with Gasteiger partial charge in [-0.05, 0) is 68.7 Å². The molecule has 0 spiro atoms. The van der Waals surface area contributed by atoms with Crippen LogP contribution in [0.5, 0.6) is 11.8 Å². The molecule has 8 rings (SSSR count). The second-order valence-corrected chi connectivity index (χ2v) is 13.3. The molecule has 2 aromatic heterocycles. The van der Waals surface area contributed by atoms with Crippen LogP contribution < -0.4 is 9.64 Å². The van der Waals surface area contributed by atoms with Crippen LogP contribution >= 0.6 is 0 Å². The predicted molar refractivity (Wildman–Crippen MR) is 168 cm³/mol. The molecule has 3 saturated heterocycles. The summed E-state index contributed by atoms with van der Waals surface area (Å²) in [6.07, 6.45) is 9.35. The average molecular weight is 630 g/mol. The highest BCUT2D eigenvalue weighted by atomic mass is 19.1. The summed E-state index contributed by atoms with van der Waals surface area (Å²) in [4.78, 5) is 18.4. The molecule has 5 heterocycles. The molecule has 0 bridgehead atoms. The second kappa shape index (κ2) is 11.0. The molecule has 4 fully saturated rings. The summed E-state index contributed by atoms with van der Waals surface area (Å²) in [6.45, 7) is 2.23. The van der Waals surface area contributed by atoms with Crippen molar-refractivity contribution in [1.82, 2.24) is 19.9 Å². The number of hydrogen-bond acceptors (Lipinski definition) is 8. The Morgan fingerprint density at radius 1 is 1.04 bits per heavy atom. The molecule has 2 N–H and O–H groups in total. The molecule has 4 aromatic rings. The van der Waals surface area contributed by atoms with Gasteiger partial charge in [-0.25, -0.2) is 18.2 Å². The molecule has 0 radical (unpaired) electrons. The number of fused-ring (bicyclic) bond motifs is 3. The van der Waals surface area contributed by atoms with E-state index in [1.165, 1.54) is 24.3 Å². The monoisotopic (exact) mass is 629 g/mol. The standard InChI is InChI=1S/C35H34F3N5O3/c1-2-24-26(37)9-8-20-13-23(45)14-25(27(20)24)31-29(38)32-28(30(39-31)19-6-7-19)33(42-11-3-5-22(44)17-42)41-34(40-32)46-18-35-10-4-12-43(35)16-21(36)15-35/h1,8-9,13-14,19,21-22,44-45H,3-7,10-12,15-18H2/t21-,22-,35+/m1/s1. The van der Waals surface area contributed by atoms with Crippen molar-refractivity contribution in [2.75, 3.05) is 37.7 Å². The van der Waals surface area contributed by atoms with E-state index in [0.717, 1.165) is 38.6 Å². The Bertz CT molecular complexity index is 1930. The van der Waals surface area contributed by atoms with Gasteiger partial charge in [-0.1, -0.05) is 12.0 Å². The van der Waals surface area contributed by atoms with E-state index in [-0.39, 0.29) is 52.0 Å². The number of rotatable bonds is 6. The number of alkyl halides is 1. The fraction of sp³-hybridized carbons (Fsp3) is 0.457. The lowest BCUT2D eigenvalue weighted by atomic mass is 9.95. The third kappa shape index (κ3) is 4.81. The van der Waals surface area contributed by atoms with Crippen molar-refractivity contribution in [3.8, 4) is 35.4 Å². The van der Waals surface area contributed by atoms with Crippen LogP contribution in [0.15, 0.2) is 24.3 Å². The van der Waals surface area contributed by atoms with E-state index in [1.54, 1.807) is 0 Å². The summed E-state index contributed by atoms with van der Waals surface area (Å²) in [5, 5.41) is 22.4. The van der Waals surface area contributed by atoms with Gasteiger partial charge in [-0.2, -0.15) is 9.97 Å². The van der Waals surface area contributed by atoms with Crippen LogP contribution in [0.4, 0.5) is 19.0 Å². The summed E-state index contributed by atoms with van der Waals surface area (Å²) >= 11 is 0. The number of piperidine rings is 1. The van der Waals surface area contributed by atoms with Gasteiger partial charge < -0.3 is 19.8 Å². The van der Waals surface area contributed by atoms with Crippen LogP contribution in [0.2, 0.25) is 0 Å². The summed E-state index contributed by atoms with van der Waals surface area (Å²) in [5.74, 6) is 1.27. The smallest absolute Gasteiger partial charge is 0.319 e. The first kappa shape index (κ1) is 29.3. The predicted octanol–water partition coefficient (Wildman–Crippen LogP) is 5.60. The maximum absolute atomic E-state index is 17.1. The highest BCUT2D eigenvalue weighted by Gasteiger charge is 2.49. The summed E-state index contributed by atoms with van der Waals surface area (Å²) in [7, 11) is 0. The summed E-state index contributed by atoms with van der Waals surface area (Å²) in [6, 6.07) is 5.46. The van der Waals surface area contributed by atoms with Crippen LogP contribution in [-0.4, -0.2) is 80.7 Å². The number of β-amino-alcohol motifs (C(OH)–C–C–N with tert-alkyl or cyclic N) is 1. The normalized spacial score (nSPS) is 24.9. The van der Waals surface area contributed by atoms with E-state index in [1.807, 2.05) is 4.90 Å². The zero-order chi connectivity index (χ0) is 31.7. The van der Waals surface area contributed by atoms with Crippen molar-refractivity contribution in [3.05, 3.63) is 47.2 Å². The number of aromatic hydroxyl groups is 1. The first-order valence-corrected chi connectivity index (χ1v) is 16.0. The van der Waals surface area contributed by atoms with Gasteiger partial charge in [0.25, 0.3) is 0 Å². The lowest BCUT2D eigenvalue weighted by Crippen LogP contribution is -2.43. The van der Waals surface area contributed by atoms with Crippen molar-refractivity contribution in [2.24, 2.45) is 0 Å². The molecule has 2 aromatic carbocycles. The van der Waals surface area contributed by atoms with Crippen LogP contribution in [-0.2, 0) is 0 Å². The van der Waals surface area contributed by atoms with Crippen LogP contribution in [0.1, 0.15) is 62.1 Å². The highest BCUT2D eigenvalue weighted by Crippen LogP contribution is 2.48. The van der Waals surface area contributed by atoms with E-state index in [9.17, 15) is 19.0 Å². The van der Waals surface area contributed by atoms with E-state index < -0.39 is 29.4 Å². The summed E-state index contributed by atoms with van der Waals surface area (Å²) in [5.41, 5.74) is 0.108. The quantitative estimate of drug-likeness (QED) is 0.266. The fourth-order valence-electron chi connectivity index (χ4n) is 7.83. The van der Waals surface area contributed by atoms with Gasteiger partial charge in [-0.3, -0.25) is 4.90 Å². The van der Waals surface area contributed by atoms with Crippen molar-refractivity contribution in [2.45, 2.75) is 68.7 Å². The number of aliphatic hydroxyl groups is 1.